The van der Waals surface area contributed by atoms with Crippen LogP contribution in [0.4, 0.5) is 0 Å². The van der Waals surface area contributed by atoms with Crippen LogP contribution in [-0.4, -0.2) is 15.0 Å². The van der Waals surface area contributed by atoms with Crippen molar-refractivity contribution >= 4 is 17.2 Å². The Morgan fingerprint density at radius 2 is 2.10 bits per heavy atom. The Morgan fingerprint density at radius 3 is 2.75 bits per heavy atom. The number of thiophene rings is 1. The van der Waals surface area contributed by atoms with Crippen molar-refractivity contribution in [1.82, 2.24) is 14.5 Å². The fourth-order valence-electron chi connectivity index (χ4n) is 1.71. The van der Waals surface area contributed by atoms with Gasteiger partial charge in [-0.3, -0.25) is 18.7 Å². The third-order valence-corrected chi connectivity index (χ3v) is 4.01. The third-order valence-electron chi connectivity index (χ3n) is 2.99. The minimum Gasteiger partial charge on any atom is -0.350 e. The van der Waals surface area contributed by atoms with Gasteiger partial charge in [0.05, 0.1) is 6.54 Å². The molecular weight excluding hydrogens is 278 g/mol. The molecule has 6 nitrogen and oxygen atoms in total. The Balaban J connectivity index is 2.02. The molecule has 0 bridgehead atoms. The standard InChI is InChI=1S/C13H15N3O3S/c1-9-4-6-20-10(9)7-14-11(17)8-16-5-3-12(18)15(2)13(16)19/h3-6H,7-8H2,1-2H3,(H,14,17). The second-order valence-corrected chi connectivity index (χ2v) is 5.43. The van der Waals surface area contributed by atoms with Gasteiger partial charge >= 0.3 is 5.69 Å². The van der Waals surface area contributed by atoms with E-state index in [2.05, 4.69) is 5.32 Å². The molecule has 0 aliphatic rings. The fourth-order valence-corrected chi connectivity index (χ4v) is 2.56. The Labute approximate surface area is 119 Å². The summed E-state index contributed by atoms with van der Waals surface area (Å²) in [6.07, 6.45) is 1.33. The monoisotopic (exact) mass is 293 g/mol. The first-order chi connectivity index (χ1) is 9.49. The number of aromatic nitrogens is 2. The summed E-state index contributed by atoms with van der Waals surface area (Å²) in [6.45, 7) is 2.33. The van der Waals surface area contributed by atoms with Crippen LogP contribution in [0.2, 0.25) is 0 Å². The molecule has 0 unspecified atom stereocenters. The zero-order chi connectivity index (χ0) is 14.7. The van der Waals surface area contributed by atoms with E-state index in [1.807, 2.05) is 18.4 Å². The highest BCUT2D eigenvalue weighted by Crippen LogP contribution is 2.14. The highest BCUT2D eigenvalue weighted by Gasteiger charge is 2.07. The maximum Gasteiger partial charge on any atom is 0.331 e. The number of hydrogen-bond acceptors (Lipinski definition) is 4. The highest BCUT2D eigenvalue weighted by molar-refractivity contribution is 7.10. The van der Waals surface area contributed by atoms with E-state index in [4.69, 9.17) is 0 Å². The van der Waals surface area contributed by atoms with E-state index in [1.165, 1.54) is 23.9 Å². The molecule has 2 aromatic rings. The lowest BCUT2D eigenvalue weighted by Crippen LogP contribution is -2.40. The molecule has 2 rings (SSSR count). The molecule has 1 amide bonds. The summed E-state index contributed by atoms with van der Waals surface area (Å²) in [5, 5.41) is 4.73. The minimum absolute atomic E-state index is 0.0998. The quantitative estimate of drug-likeness (QED) is 0.877. The van der Waals surface area contributed by atoms with E-state index in [-0.39, 0.29) is 18.0 Å². The van der Waals surface area contributed by atoms with Crippen LogP contribution in [0.3, 0.4) is 0 Å². The van der Waals surface area contributed by atoms with Gasteiger partial charge in [0.15, 0.2) is 0 Å². The number of aryl methyl sites for hydroxylation is 1. The fraction of sp³-hybridized carbons (Fsp3) is 0.308. The number of nitrogens with one attached hydrogen (secondary N) is 1. The Hall–Kier alpha value is -2.15. The van der Waals surface area contributed by atoms with Crippen molar-refractivity contribution in [2.24, 2.45) is 7.05 Å². The van der Waals surface area contributed by atoms with Gasteiger partial charge in [0.25, 0.3) is 5.56 Å². The van der Waals surface area contributed by atoms with Crippen molar-refractivity contribution < 1.29 is 4.79 Å². The number of carbonyl (C=O) groups excluding carboxylic acids is 1. The summed E-state index contributed by atoms with van der Waals surface area (Å²) < 4.78 is 2.18. The van der Waals surface area contributed by atoms with E-state index in [9.17, 15) is 14.4 Å². The summed E-state index contributed by atoms with van der Waals surface area (Å²) in [5.74, 6) is -0.265. The SMILES string of the molecule is Cc1ccsc1CNC(=O)Cn1ccc(=O)n(C)c1=O. The maximum absolute atomic E-state index is 11.8. The van der Waals surface area contributed by atoms with E-state index >= 15 is 0 Å². The van der Waals surface area contributed by atoms with Crippen molar-refractivity contribution in [2.45, 2.75) is 20.0 Å². The molecule has 0 aliphatic carbocycles. The van der Waals surface area contributed by atoms with Gasteiger partial charge in [-0.05, 0) is 23.9 Å². The lowest BCUT2D eigenvalue weighted by Gasteiger charge is -2.08. The highest BCUT2D eigenvalue weighted by atomic mass is 32.1. The molecule has 0 aliphatic heterocycles. The molecule has 1 N–H and O–H groups in total. The molecule has 0 saturated heterocycles. The Morgan fingerprint density at radius 1 is 1.35 bits per heavy atom. The maximum atomic E-state index is 11.8. The number of nitrogens with zero attached hydrogens (tertiary/aromatic N) is 2. The molecule has 0 saturated carbocycles. The van der Waals surface area contributed by atoms with Crippen molar-refractivity contribution in [3.63, 3.8) is 0 Å². The molecule has 106 valence electrons. The van der Waals surface area contributed by atoms with Gasteiger partial charge in [0.2, 0.25) is 5.91 Å². The first-order valence-corrected chi connectivity index (χ1v) is 6.93. The van der Waals surface area contributed by atoms with Gasteiger partial charge in [-0.25, -0.2) is 4.79 Å². The second-order valence-electron chi connectivity index (χ2n) is 4.43. The largest absolute Gasteiger partial charge is 0.350 e. The van der Waals surface area contributed by atoms with Crippen LogP contribution in [0.15, 0.2) is 33.3 Å². The van der Waals surface area contributed by atoms with Crippen molar-refractivity contribution in [2.75, 3.05) is 0 Å². The van der Waals surface area contributed by atoms with Crippen LogP contribution in [0.25, 0.3) is 0 Å². The molecular formula is C13H15N3O3S. The van der Waals surface area contributed by atoms with Crippen LogP contribution < -0.4 is 16.6 Å². The van der Waals surface area contributed by atoms with Gasteiger partial charge in [-0.2, -0.15) is 0 Å². The topological polar surface area (TPSA) is 73.1 Å². The molecule has 0 radical (unpaired) electrons. The van der Waals surface area contributed by atoms with Crippen molar-refractivity contribution in [1.29, 1.82) is 0 Å². The first kappa shape index (κ1) is 14.3. The van der Waals surface area contributed by atoms with E-state index < -0.39 is 5.69 Å². The molecule has 0 aromatic carbocycles. The lowest BCUT2D eigenvalue weighted by molar-refractivity contribution is -0.121. The number of amides is 1. The summed E-state index contributed by atoms with van der Waals surface area (Å²) in [7, 11) is 1.38. The number of rotatable bonds is 4. The third kappa shape index (κ3) is 3.05. The van der Waals surface area contributed by atoms with Crippen LogP contribution in [-0.2, 0) is 24.9 Å². The predicted octanol–water partition coefficient (Wildman–Crippen LogP) is 0.233. The molecule has 0 spiro atoms. The normalized spacial score (nSPS) is 10.5. The van der Waals surface area contributed by atoms with Crippen molar-refractivity contribution in [3.05, 3.63) is 55.0 Å². The zero-order valence-corrected chi connectivity index (χ0v) is 12.1. The molecule has 2 aromatic heterocycles. The second kappa shape index (κ2) is 5.87. The summed E-state index contributed by atoms with van der Waals surface area (Å²) >= 11 is 1.58. The van der Waals surface area contributed by atoms with Crippen LogP contribution >= 0.6 is 11.3 Å². The predicted molar refractivity (Wildman–Crippen MR) is 76.8 cm³/mol. The zero-order valence-electron chi connectivity index (χ0n) is 11.3. The van der Waals surface area contributed by atoms with E-state index in [0.717, 1.165) is 15.0 Å². The van der Waals surface area contributed by atoms with E-state index in [1.54, 1.807) is 11.3 Å². The first-order valence-electron chi connectivity index (χ1n) is 6.05. The Bertz CT molecular complexity index is 742. The van der Waals surface area contributed by atoms with Gasteiger partial charge in [-0.1, -0.05) is 0 Å². The average molecular weight is 293 g/mol. The average Bonchev–Trinajstić information content (AvgIpc) is 2.83. The molecule has 2 heterocycles. The van der Waals surface area contributed by atoms with Gasteiger partial charge in [0.1, 0.15) is 6.54 Å². The van der Waals surface area contributed by atoms with E-state index in [0.29, 0.717) is 6.54 Å². The molecule has 20 heavy (non-hydrogen) atoms. The Kier molecular flexibility index (Phi) is 4.19. The van der Waals surface area contributed by atoms with Gasteiger partial charge in [0, 0.05) is 24.2 Å². The molecule has 0 fully saturated rings. The summed E-state index contributed by atoms with van der Waals surface area (Å²) in [4.78, 5) is 35.9. The minimum atomic E-state index is -0.500. The smallest absolute Gasteiger partial charge is 0.331 e. The van der Waals surface area contributed by atoms with Crippen LogP contribution in [0.5, 0.6) is 0 Å². The summed E-state index contributed by atoms with van der Waals surface area (Å²) in [6, 6.07) is 3.25. The lowest BCUT2D eigenvalue weighted by atomic mass is 10.3. The number of carbonyl (C=O) groups is 1. The number of hydrogen-bond donors (Lipinski definition) is 1. The molecule has 7 heteroatoms. The molecule has 0 atom stereocenters. The van der Waals surface area contributed by atoms with Crippen LogP contribution in [0.1, 0.15) is 10.4 Å². The van der Waals surface area contributed by atoms with Gasteiger partial charge in [-0.15, -0.1) is 11.3 Å². The van der Waals surface area contributed by atoms with Crippen molar-refractivity contribution in [3.8, 4) is 0 Å². The summed E-state index contributed by atoms with van der Waals surface area (Å²) in [5.41, 5.74) is 0.246. The van der Waals surface area contributed by atoms with Crippen LogP contribution in [0, 0.1) is 6.92 Å². The van der Waals surface area contributed by atoms with Gasteiger partial charge < -0.3 is 5.32 Å².